The Bertz CT molecular complexity index is 554. The van der Waals surface area contributed by atoms with E-state index in [1.807, 2.05) is 18.4 Å². The van der Waals surface area contributed by atoms with Crippen molar-refractivity contribution in [2.75, 3.05) is 7.05 Å². The third kappa shape index (κ3) is 2.36. The summed E-state index contributed by atoms with van der Waals surface area (Å²) in [6, 6.07) is 7.12. The first-order valence-corrected chi connectivity index (χ1v) is 7.21. The SMILES string of the molecule is CNC(c1cc(C)c(C)cc1C)c1sccc1C. The van der Waals surface area contributed by atoms with Gasteiger partial charge in [-0.05, 0) is 74.0 Å². The highest BCUT2D eigenvalue weighted by molar-refractivity contribution is 7.10. The smallest absolute Gasteiger partial charge is 0.0673 e. The van der Waals surface area contributed by atoms with E-state index in [0.717, 1.165) is 0 Å². The lowest BCUT2D eigenvalue weighted by atomic mass is 9.94. The van der Waals surface area contributed by atoms with Crippen molar-refractivity contribution in [3.05, 3.63) is 56.3 Å². The fourth-order valence-corrected chi connectivity index (χ4v) is 3.46. The summed E-state index contributed by atoms with van der Waals surface area (Å²) < 4.78 is 0. The summed E-state index contributed by atoms with van der Waals surface area (Å²) in [4.78, 5) is 1.42. The van der Waals surface area contributed by atoms with Gasteiger partial charge in [-0.2, -0.15) is 0 Å². The molecule has 0 aliphatic rings. The average Bonchev–Trinajstić information content (AvgIpc) is 2.73. The van der Waals surface area contributed by atoms with Crippen molar-refractivity contribution in [1.29, 1.82) is 0 Å². The number of nitrogens with one attached hydrogen (secondary N) is 1. The highest BCUT2D eigenvalue weighted by Gasteiger charge is 2.18. The maximum Gasteiger partial charge on any atom is 0.0673 e. The first kappa shape index (κ1) is 13.3. The lowest BCUT2D eigenvalue weighted by Gasteiger charge is -2.20. The van der Waals surface area contributed by atoms with Crippen LogP contribution in [-0.2, 0) is 0 Å². The second-order valence-electron chi connectivity index (χ2n) is 4.98. The van der Waals surface area contributed by atoms with Gasteiger partial charge < -0.3 is 5.32 Å². The van der Waals surface area contributed by atoms with Crippen molar-refractivity contribution < 1.29 is 0 Å². The number of hydrogen-bond donors (Lipinski definition) is 1. The van der Waals surface area contributed by atoms with Gasteiger partial charge in [-0.25, -0.2) is 0 Å². The molecule has 2 rings (SSSR count). The predicted molar refractivity (Wildman–Crippen MR) is 80.6 cm³/mol. The van der Waals surface area contributed by atoms with E-state index in [0.29, 0.717) is 6.04 Å². The Balaban J connectivity index is 2.52. The van der Waals surface area contributed by atoms with Crippen molar-refractivity contribution >= 4 is 11.3 Å². The van der Waals surface area contributed by atoms with Gasteiger partial charge in [0.25, 0.3) is 0 Å². The Morgan fingerprint density at radius 2 is 1.61 bits per heavy atom. The molecule has 0 aliphatic heterocycles. The number of aryl methyl sites for hydroxylation is 4. The molecule has 1 atom stereocenters. The highest BCUT2D eigenvalue weighted by Crippen LogP contribution is 2.32. The van der Waals surface area contributed by atoms with E-state index in [4.69, 9.17) is 0 Å². The molecule has 2 aromatic rings. The molecule has 0 aliphatic carbocycles. The zero-order valence-corrected chi connectivity index (χ0v) is 12.6. The first-order valence-electron chi connectivity index (χ1n) is 6.33. The Morgan fingerprint density at radius 1 is 0.944 bits per heavy atom. The molecule has 1 unspecified atom stereocenters. The second-order valence-corrected chi connectivity index (χ2v) is 5.93. The Labute approximate surface area is 114 Å². The molecule has 0 radical (unpaired) electrons. The summed E-state index contributed by atoms with van der Waals surface area (Å²) in [6.07, 6.45) is 0. The fraction of sp³-hybridized carbons (Fsp3) is 0.375. The van der Waals surface area contributed by atoms with Crippen LogP contribution in [0.15, 0.2) is 23.6 Å². The summed E-state index contributed by atoms with van der Waals surface area (Å²) in [5, 5.41) is 5.63. The molecule has 96 valence electrons. The molecule has 1 aromatic heterocycles. The van der Waals surface area contributed by atoms with Crippen LogP contribution < -0.4 is 5.32 Å². The molecular weight excluding hydrogens is 238 g/mol. The lowest BCUT2D eigenvalue weighted by molar-refractivity contribution is 0.695. The summed E-state index contributed by atoms with van der Waals surface area (Å²) in [5.74, 6) is 0. The number of thiophene rings is 1. The van der Waals surface area contributed by atoms with Crippen LogP contribution in [0.25, 0.3) is 0 Å². The van der Waals surface area contributed by atoms with Crippen LogP contribution in [0, 0.1) is 27.7 Å². The number of rotatable bonds is 3. The average molecular weight is 259 g/mol. The third-order valence-electron chi connectivity index (χ3n) is 3.65. The predicted octanol–water partition coefficient (Wildman–Crippen LogP) is 4.29. The van der Waals surface area contributed by atoms with Gasteiger partial charge in [0.15, 0.2) is 0 Å². The van der Waals surface area contributed by atoms with Crippen molar-refractivity contribution in [1.82, 2.24) is 5.32 Å². The molecule has 18 heavy (non-hydrogen) atoms. The standard InChI is InChI=1S/C16H21NS/c1-10-6-7-18-16(10)15(17-5)14-9-12(3)11(2)8-13(14)4/h6-9,15,17H,1-5H3. The minimum atomic E-state index is 0.310. The van der Waals surface area contributed by atoms with Crippen LogP contribution in [0.5, 0.6) is 0 Å². The molecule has 0 saturated heterocycles. The van der Waals surface area contributed by atoms with E-state index in [2.05, 4.69) is 56.6 Å². The Hall–Kier alpha value is -1.12. The van der Waals surface area contributed by atoms with E-state index in [1.54, 1.807) is 0 Å². The lowest BCUT2D eigenvalue weighted by Crippen LogP contribution is -2.18. The third-order valence-corrected chi connectivity index (χ3v) is 4.73. The zero-order valence-electron chi connectivity index (χ0n) is 11.8. The van der Waals surface area contributed by atoms with Crippen molar-refractivity contribution in [3.8, 4) is 0 Å². The summed E-state index contributed by atoms with van der Waals surface area (Å²) in [5.41, 5.74) is 6.87. The van der Waals surface area contributed by atoms with Gasteiger partial charge in [0.2, 0.25) is 0 Å². The minimum absolute atomic E-state index is 0.310. The summed E-state index contributed by atoms with van der Waals surface area (Å²) in [7, 11) is 2.04. The van der Waals surface area contributed by atoms with Gasteiger partial charge in [0, 0.05) is 4.88 Å². The Kier molecular flexibility index (Phi) is 3.88. The highest BCUT2D eigenvalue weighted by atomic mass is 32.1. The van der Waals surface area contributed by atoms with E-state index < -0.39 is 0 Å². The molecule has 1 aromatic carbocycles. The number of benzene rings is 1. The Morgan fingerprint density at radius 3 is 2.17 bits per heavy atom. The quantitative estimate of drug-likeness (QED) is 0.867. The summed E-state index contributed by atoms with van der Waals surface area (Å²) >= 11 is 1.83. The molecule has 0 spiro atoms. The van der Waals surface area contributed by atoms with Gasteiger partial charge in [-0.3, -0.25) is 0 Å². The van der Waals surface area contributed by atoms with Crippen LogP contribution in [-0.4, -0.2) is 7.05 Å². The van der Waals surface area contributed by atoms with Crippen molar-refractivity contribution in [2.45, 2.75) is 33.7 Å². The number of hydrogen-bond acceptors (Lipinski definition) is 2. The van der Waals surface area contributed by atoms with Crippen LogP contribution >= 0.6 is 11.3 Å². The largest absolute Gasteiger partial charge is 0.309 e. The molecule has 0 fully saturated rings. The normalized spacial score (nSPS) is 12.7. The van der Waals surface area contributed by atoms with Crippen molar-refractivity contribution in [3.63, 3.8) is 0 Å². The van der Waals surface area contributed by atoms with E-state index in [1.165, 1.54) is 32.7 Å². The maximum absolute atomic E-state index is 3.46. The molecule has 1 N–H and O–H groups in total. The van der Waals surface area contributed by atoms with Crippen LogP contribution in [0.4, 0.5) is 0 Å². The van der Waals surface area contributed by atoms with Crippen LogP contribution in [0.3, 0.4) is 0 Å². The zero-order chi connectivity index (χ0) is 13.3. The molecule has 0 bridgehead atoms. The maximum atomic E-state index is 3.46. The van der Waals surface area contributed by atoms with Gasteiger partial charge in [-0.1, -0.05) is 12.1 Å². The van der Waals surface area contributed by atoms with Gasteiger partial charge in [-0.15, -0.1) is 11.3 Å². The monoisotopic (exact) mass is 259 g/mol. The van der Waals surface area contributed by atoms with Gasteiger partial charge in [0.1, 0.15) is 0 Å². The van der Waals surface area contributed by atoms with Crippen LogP contribution in [0.1, 0.15) is 38.7 Å². The molecule has 2 heteroatoms. The molecular formula is C16H21NS. The topological polar surface area (TPSA) is 12.0 Å². The van der Waals surface area contributed by atoms with Gasteiger partial charge >= 0.3 is 0 Å². The fourth-order valence-electron chi connectivity index (χ4n) is 2.40. The summed E-state index contributed by atoms with van der Waals surface area (Å²) in [6.45, 7) is 8.75. The molecule has 0 amide bonds. The van der Waals surface area contributed by atoms with E-state index >= 15 is 0 Å². The van der Waals surface area contributed by atoms with Crippen LogP contribution in [0.2, 0.25) is 0 Å². The van der Waals surface area contributed by atoms with E-state index in [-0.39, 0.29) is 0 Å². The van der Waals surface area contributed by atoms with E-state index in [9.17, 15) is 0 Å². The first-order chi connectivity index (χ1) is 8.54. The van der Waals surface area contributed by atoms with Gasteiger partial charge in [0.05, 0.1) is 6.04 Å². The molecule has 0 saturated carbocycles. The second kappa shape index (κ2) is 5.25. The minimum Gasteiger partial charge on any atom is -0.309 e. The van der Waals surface area contributed by atoms with Crippen molar-refractivity contribution in [2.24, 2.45) is 0 Å². The molecule has 1 heterocycles. The molecule has 1 nitrogen and oxygen atoms in total.